The summed E-state index contributed by atoms with van der Waals surface area (Å²) in [5.74, 6) is -0.0340. The van der Waals surface area contributed by atoms with E-state index in [1.807, 2.05) is 0 Å². The van der Waals surface area contributed by atoms with E-state index in [2.05, 4.69) is 0 Å². The molecule has 2 aromatic rings. The largest absolute Gasteiger partial charge is 0.480 e. The lowest BCUT2D eigenvalue weighted by Crippen LogP contribution is -2.32. The van der Waals surface area contributed by atoms with E-state index in [9.17, 15) is 14.9 Å². The number of hydrogen-bond acceptors (Lipinski definition) is 5. The van der Waals surface area contributed by atoms with Crippen LogP contribution in [0.3, 0.4) is 0 Å². The van der Waals surface area contributed by atoms with E-state index in [1.54, 1.807) is 24.3 Å². The molecule has 0 amide bonds. The molecular formula is C15H14N2O5. The van der Waals surface area contributed by atoms with Gasteiger partial charge < -0.3 is 15.6 Å². The zero-order valence-electron chi connectivity index (χ0n) is 11.5. The Morgan fingerprint density at radius 2 is 1.64 bits per heavy atom. The Labute approximate surface area is 126 Å². The van der Waals surface area contributed by atoms with Crippen molar-refractivity contribution in [3.63, 3.8) is 0 Å². The van der Waals surface area contributed by atoms with Gasteiger partial charge in [0.15, 0.2) is 0 Å². The first kappa shape index (κ1) is 15.5. The Morgan fingerprint density at radius 1 is 1.14 bits per heavy atom. The fraction of sp³-hybridized carbons (Fsp3) is 0.133. The van der Waals surface area contributed by atoms with E-state index in [0.29, 0.717) is 11.5 Å². The zero-order valence-corrected chi connectivity index (χ0v) is 11.5. The molecular weight excluding hydrogens is 288 g/mol. The third-order valence-electron chi connectivity index (χ3n) is 2.98. The van der Waals surface area contributed by atoms with Crippen LogP contribution in [0.1, 0.15) is 5.56 Å². The van der Waals surface area contributed by atoms with Gasteiger partial charge in [-0.25, -0.2) is 0 Å². The van der Waals surface area contributed by atoms with Gasteiger partial charge in [-0.15, -0.1) is 0 Å². The topological polar surface area (TPSA) is 116 Å². The standard InChI is InChI=1S/C15H14N2O5/c16-14(15(18)19)9-10-1-5-12(6-2-10)22-13-7-3-11(4-8-13)17(20)21/h1-8,14H,9,16H2,(H,18,19)/t14-/m0/s1. The van der Waals surface area contributed by atoms with Gasteiger partial charge in [-0.05, 0) is 36.2 Å². The number of rotatable bonds is 6. The van der Waals surface area contributed by atoms with Crippen LogP contribution in [0.2, 0.25) is 0 Å². The number of nitro groups is 1. The third kappa shape index (κ3) is 4.03. The number of carboxylic acid groups (broad SMARTS) is 1. The molecule has 0 aliphatic rings. The van der Waals surface area contributed by atoms with Crippen molar-refractivity contribution in [3.05, 3.63) is 64.2 Å². The summed E-state index contributed by atoms with van der Waals surface area (Å²) in [7, 11) is 0. The summed E-state index contributed by atoms with van der Waals surface area (Å²) < 4.78 is 5.55. The number of aliphatic carboxylic acids is 1. The Morgan fingerprint density at radius 3 is 2.09 bits per heavy atom. The maximum Gasteiger partial charge on any atom is 0.320 e. The lowest BCUT2D eigenvalue weighted by Gasteiger charge is -2.08. The van der Waals surface area contributed by atoms with Gasteiger partial charge in [0.2, 0.25) is 0 Å². The summed E-state index contributed by atoms with van der Waals surface area (Å²) in [6.45, 7) is 0. The van der Waals surface area contributed by atoms with Gasteiger partial charge in [-0.3, -0.25) is 14.9 Å². The van der Waals surface area contributed by atoms with Crippen LogP contribution >= 0.6 is 0 Å². The summed E-state index contributed by atoms with van der Waals surface area (Å²) in [4.78, 5) is 20.8. The van der Waals surface area contributed by atoms with Crippen molar-refractivity contribution < 1.29 is 19.6 Å². The second-order valence-electron chi connectivity index (χ2n) is 4.65. The monoisotopic (exact) mass is 302 g/mol. The molecule has 0 aliphatic heterocycles. The molecule has 7 nitrogen and oxygen atoms in total. The van der Waals surface area contributed by atoms with Crippen LogP contribution in [-0.4, -0.2) is 22.0 Å². The Hall–Kier alpha value is -2.93. The van der Waals surface area contributed by atoms with Crippen LogP contribution in [0, 0.1) is 10.1 Å². The molecule has 2 rings (SSSR count). The number of ether oxygens (including phenoxy) is 1. The fourth-order valence-electron chi connectivity index (χ4n) is 1.81. The van der Waals surface area contributed by atoms with Crippen molar-refractivity contribution in [1.29, 1.82) is 0 Å². The minimum atomic E-state index is -1.05. The number of nitro benzene ring substituents is 1. The SMILES string of the molecule is N[C@@H](Cc1ccc(Oc2ccc([N+](=O)[O-])cc2)cc1)C(=O)O. The molecule has 3 N–H and O–H groups in total. The highest BCUT2D eigenvalue weighted by molar-refractivity contribution is 5.73. The summed E-state index contributed by atoms with van der Waals surface area (Å²) in [6, 6.07) is 11.6. The molecule has 0 unspecified atom stereocenters. The van der Waals surface area contributed by atoms with Crippen LogP contribution in [0.25, 0.3) is 0 Å². The van der Waals surface area contributed by atoms with Gasteiger partial charge in [-0.1, -0.05) is 12.1 Å². The number of nitrogens with two attached hydrogens (primary N) is 1. The number of nitrogens with zero attached hydrogens (tertiary/aromatic N) is 1. The van der Waals surface area contributed by atoms with Crippen LogP contribution in [-0.2, 0) is 11.2 Å². The van der Waals surface area contributed by atoms with Crippen LogP contribution in [0.5, 0.6) is 11.5 Å². The van der Waals surface area contributed by atoms with Crippen LogP contribution in [0.15, 0.2) is 48.5 Å². The number of carbonyl (C=O) groups is 1. The predicted molar refractivity (Wildman–Crippen MR) is 78.9 cm³/mol. The molecule has 1 atom stereocenters. The first-order chi connectivity index (χ1) is 10.5. The van der Waals surface area contributed by atoms with Crippen LogP contribution < -0.4 is 10.5 Å². The molecule has 0 heterocycles. The third-order valence-corrected chi connectivity index (χ3v) is 2.98. The fourth-order valence-corrected chi connectivity index (χ4v) is 1.81. The molecule has 0 radical (unpaired) electrons. The van der Waals surface area contributed by atoms with Gasteiger partial charge in [0.25, 0.3) is 5.69 Å². The first-order valence-corrected chi connectivity index (χ1v) is 6.45. The highest BCUT2D eigenvalue weighted by atomic mass is 16.6. The second kappa shape index (κ2) is 6.68. The van der Waals surface area contributed by atoms with Gasteiger partial charge >= 0.3 is 5.97 Å². The Balaban J connectivity index is 2.01. The maximum absolute atomic E-state index is 10.7. The average Bonchev–Trinajstić information content (AvgIpc) is 2.49. The first-order valence-electron chi connectivity index (χ1n) is 6.45. The number of non-ortho nitro benzene ring substituents is 1. The van der Waals surface area contributed by atoms with Gasteiger partial charge in [-0.2, -0.15) is 0 Å². The molecule has 0 fully saturated rings. The van der Waals surface area contributed by atoms with Crippen molar-refractivity contribution in [1.82, 2.24) is 0 Å². The molecule has 114 valence electrons. The van der Waals surface area contributed by atoms with Crippen molar-refractivity contribution >= 4 is 11.7 Å². The van der Waals surface area contributed by atoms with Crippen molar-refractivity contribution in [3.8, 4) is 11.5 Å². The molecule has 22 heavy (non-hydrogen) atoms. The Bertz CT molecular complexity index is 667. The zero-order chi connectivity index (χ0) is 16.1. The summed E-state index contributed by atoms with van der Waals surface area (Å²) in [5.41, 5.74) is 6.24. The van der Waals surface area contributed by atoms with E-state index in [4.69, 9.17) is 15.6 Å². The summed E-state index contributed by atoms with van der Waals surface area (Å²) in [6.07, 6.45) is 0.229. The minimum Gasteiger partial charge on any atom is -0.480 e. The molecule has 0 saturated carbocycles. The van der Waals surface area contributed by atoms with Gasteiger partial charge in [0.1, 0.15) is 17.5 Å². The Kier molecular flexibility index (Phi) is 4.70. The van der Waals surface area contributed by atoms with Gasteiger partial charge in [0, 0.05) is 12.1 Å². The normalized spacial score (nSPS) is 11.7. The quantitative estimate of drug-likeness (QED) is 0.625. The second-order valence-corrected chi connectivity index (χ2v) is 4.65. The van der Waals surface area contributed by atoms with Crippen LogP contribution in [0.4, 0.5) is 5.69 Å². The highest BCUT2D eigenvalue weighted by Gasteiger charge is 2.12. The number of hydrogen-bond donors (Lipinski definition) is 2. The van der Waals surface area contributed by atoms with Crippen molar-refractivity contribution in [2.24, 2.45) is 5.73 Å². The minimum absolute atomic E-state index is 0.00893. The molecule has 0 spiro atoms. The summed E-state index contributed by atoms with van der Waals surface area (Å²) >= 11 is 0. The lowest BCUT2D eigenvalue weighted by atomic mass is 10.1. The average molecular weight is 302 g/mol. The molecule has 7 heteroatoms. The molecule has 0 aliphatic carbocycles. The van der Waals surface area contributed by atoms with Crippen molar-refractivity contribution in [2.75, 3.05) is 0 Å². The molecule has 0 bridgehead atoms. The van der Waals surface area contributed by atoms with E-state index in [-0.39, 0.29) is 12.1 Å². The lowest BCUT2D eigenvalue weighted by molar-refractivity contribution is -0.384. The van der Waals surface area contributed by atoms with E-state index >= 15 is 0 Å². The van der Waals surface area contributed by atoms with E-state index < -0.39 is 16.9 Å². The maximum atomic E-state index is 10.7. The van der Waals surface area contributed by atoms with E-state index in [1.165, 1.54) is 24.3 Å². The van der Waals surface area contributed by atoms with Gasteiger partial charge in [0.05, 0.1) is 4.92 Å². The number of benzene rings is 2. The molecule has 0 saturated heterocycles. The predicted octanol–water partition coefficient (Wildman–Crippen LogP) is 2.34. The highest BCUT2D eigenvalue weighted by Crippen LogP contribution is 2.24. The van der Waals surface area contributed by atoms with Crippen molar-refractivity contribution in [2.45, 2.75) is 12.5 Å². The summed E-state index contributed by atoms with van der Waals surface area (Å²) in [5, 5.41) is 19.3. The smallest absolute Gasteiger partial charge is 0.320 e. The molecule has 0 aromatic heterocycles. The molecule has 2 aromatic carbocycles. The number of carboxylic acids is 1. The van der Waals surface area contributed by atoms with E-state index in [0.717, 1.165) is 5.56 Å².